The third-order valence-corrected chi connectivity index (χ3v) is 8.47. The van der Waals surface area contributed by atoms with Gasteiger partial charge in [-0.05, 0) is 55.7 Å². The van der Waals surface area contributed by atoms with E-state index < -0.39 is 34.0 Å². The summed E-state index contributed by atoms with van der Waals surface area (Å²) in [5, 5.41) is 11.1. The fourth-order valence-electron chi connectivity index (χ4n) is 4.23. The molecular formula is C23H27F2N3O5S. The normalized spacial score (nSPS) is 23.4. The van der Waals surface area contributed by atoms with Crippen molar-refractivity contribution in [2.24, 2.45) is 5.92 Å². The summed E-state index contributed by atoms with van der Waals surface area (Å²) in [6, 6.07) is 6.15. The van der Waals surface area contributed by atoms with Gasteiger partial charge in [-0.2, -0.15) is 0 Å². The van der Waals surface area contributed by atoms with E-state index in [1.165, 1.54) is 24.5 Å². The summed E-state index contributed by atoms with van der Waals surface area (Å²) in [7, 11) is -3.37. The van der Waals surface area contributed by atoms with Crippen LogP contribution in [0.25, 0.3) is 0 Å². The minimum Gasteiger partial charge on any atom is -0.474 e. The number of hydrogen-bond donors (Lipinski definition) is 2. The lowest BCUT2D eigenvalue weighted by molar-refractivity contribution is -0.118. The van der Waals surface area contributed by atoms with Crippen LogP contribution in [0.3, 0.4) is 0 Å². The molecule has 34 heavy (non-hydrogen) atoms. The third kappa shape index (κ3) is 5.69. The van der Waals surface area contributed by atoms with Crippen LogP contribution in [0.1, 0.15) is 43.6 Å². The maximum absolute atomic E-state index is 13.8. The minimum absolute atomic E-state index is 0.0375. The summed E-state index contributed by atoms with van der Waals surface area (Å²) in [6.45, 7) is -0.120. The molecule has 2 aliphatic carbocycles. The summed E-state index contributed by atoms with van der Waals surface area (Å²) >= 11 is 0. The molecule has 1 amide bonds. The predicted molar refractivity (Wildman–Crippen MR) is 120 cm³/mol. The van der Waals surface area contributed by atoms with E-state index in [1.807, 2.05) is 0 Å². The zero-order valence-electron chi connectivity index (χ0n) is 18.4. The fourth-order valence-corrected chi connectivity index (χ4v) is 5.89. The third-order valence-electron chi connectivity index (χ3n) is 6.19. The molecule has 0 bridgehead atoms. The van der Waals surface area contributed by atoms with E-state index in [-0.39, 0.29) is 60.2 Å². The lowest BCUT2D eigenvalue weighted by atomic mass is 9.87. The number of rotatable bonds is 10. The molecule has 1 aromatic carbocycles. The lowest BCUT2D eigenvalue weighted by Crippen LogP contribution is -2.24. The summed E-state index contributed by atoms with van der Waals surface area (Å²) in [5.74, 6) is -1.17. The van der Waals surface area contributed by atoms with Gasteiger partial charge >= 0.3 is 0 Å². The van der Waals surface area contributed by atoms with Crippen molar-refractivity contribution in [2.45, 2.75) is 60.5 Å². The average Bonchev–Trinajstić information content (AvgIpc) is 3.63. The molecule has 184 valence electrons. The first kappa shape index (κ1) is 24.5. The Morgan fingerprint density at radius 2 is 1.79 bits per heavy atom. The smallest absolute Gasteiger partial charge is 0.233 e. The van der Waals surface area contributed by atoms with E-state index in [2.05, 4.69) is 15.3 Å². The van der Waals surface area contributed by atoms with Gasteiger partial charge in [-0.15, -0.1) is 0 Å². The number of alkyl halides is 2. The summed E-state index contributed by atoms with van der Waals surface area (Å²) in [5.41, 5.74) is 0.556. The van der Waals surface area contributed by atoms with Crippen LogP contribution in [0, 0.1) is 5.92 Å². The van der Waals surface area contributed by atoms with Crippen LogP contribution in [-0.2, 0) is 14.6 Å². The number of hydrogen-bond acceptors (Lipinski definition) is 7. The first-order valence-corrected chi connectivity index (χ1v) is 12.8. The number of carbonyl (C=O) groups is 1. The molecule has 0 saturated heterocycles. The molecule has 2 aliphatic rings. The topological polar surface area (TPSA) is 118 Å². The molecule has 2 fully saturated rings. The SMILES string of the molecule is O=C(Nc1cnc(OCCO)cn1)[C@H](C[C@H]1C[C@@H](F)[C@@H](F)C1)c1ccc(S(=O)(=O)C2CC2)cc1. The Hall–Kier alpha value is -2.66. The van der Waals surface area contributed by atoms with Gasteiger partial charge in [-0.1, -0.05) is 12.1 Å². The molecule has 0 spiro atoms. The summed E-state index contributed by atoms with van der Waals surface area (Å²) < 4.78 is 57.7. The van der Waals surface area contributed by atoms with Crippen LogP contribution >= 0.6 is 0 Å². The second-order valence-electron chi connectivity index (χ2n) is 8.77. The Kier molecular flexibility index (Phi) is 7.42. The number of sulfone groups is 1. The van der Waals surface area contributed by atoms with Gasteiger partial charge in [0.2, 0.25) is 11.8 Å². The largest absolute Gasteiger partial charge is 0.474 e. The van der Waals surface area contributed by atoms with Gasteiger partial charge in [0.1, 0.15) is 19.0 Å². The van der Waals surface area contributed by atoms with Crippen molar-refractivity contribution in [1.82, 2.24) is 9.97 Å². The van der Waals surface area contributed by atoms with Crippen LogP contribution in [0.2, 0.25) is 0 Å². The molecule has 0 radical (unpaired) electrons. The number of halogens is 2. The van der Waals surface area contributed by atoms with E-state index >= 15 is 0 Å². The molecule has 4 atom stereocenters. The van der Waals surface area contributed by atoms with E-state index in [0.717, 1.165) is 0 Å². The maximum atomic E-state index is 13.8. The van der Waals surface area contributed by atoms with Crippen molar-refractivity contribution < 1.29 is 31.8 Å². The zero-order valence-corrected chi connectivity index (χ0v) is 19.3. The van der Waals surface area contributed by atoms with Gasteiger partial charge in [0.15, 0.2) is 15.7 Å². The number of anilines is 1. The Bertz CT molecular complexity index is 1080. The van der Waals surface area contributed by atoms with Crippen LogP contribution in [0.5, 0.6) is 5.88 Å². The second kappa shape index (κ2) is 10.3. The molecule has 11 heteroatoms. The first-order valence-electron chi connectivity index (χ1n) is 11.3. The number of carbonyl (C=O) groups excluding carboxylic acids is 1. The van der Waals surface area contributed by atoms with E-state index in [9.17, 15) is 22.0 Å². The average molecular weight is 496 g/mol. The molecule has 2 saturated carbocycles. The van der Waals surface area contributed by atoms with Crippen molar-refractivity contribution >= 4 is 21.6 Å². The predicted octanol–water partition coefficient (Wildman–Crippen LogP) is 2.98. The van der Waals surface area contributed by atoms with Crippen molar-refractivity contribution in [3.8, 4) is 5.88 Å². The number of benzene rings is 1. The summed E-state index contributed by atoms with van der Waals surface area (Å²) in [6.07, 6.45) is 1.10. The van der Waals surface area contributed by atoms with Gasteiger partial charge < -0.3 is 15.2 Å². The number of ether oxygens (including phenoxy) is 1. The van der Waals surface area contributed by atoms with Crippen molar-refractivity contribution in [3.63, 3.8) is 0 Å². The lowest BCUT2D eigenvalue weighted by Gasteiger charge is -2.20. The standard InChI is InChI=1S/C23H27F2N3O5S/c24-19-10-14(11-20(19)25)9-18(15-1-3-16(4-2-15)34(31,32)17-5-6-17)23(30)28-21-12-27-22(13-26-21)33-8-7-29/h1-4,12-14,17-20,29H,5-11H2,(H,26,28,30)/t14-,18-,19+,20-/m1/s1. The highest BCUT2D eigenvalue weighted by molar-refractivity contribution is 7.92. The number of nitrogens with zero attached hydrogens (tertiary/aromatic N) is 2. The zero-order chi connectivity index (χ0) is 24.3. The Labute approximate surface area is 196 Å². The molecule has 2 aromatic rings. The quantitative estimate of drug-likeness (QED) is 0.520. The Balaban J connectivity index is 1.52. The fraction of sp³-hybridized carbons (Fsp3) is 0.522. The van der Waals surface area contributed by atoms with Gasteiger partial charge in [0.05, 0.1) is 35.1 Å². The number of aliphatic hydroxyl groups is 1. The highest BCUT2D eigenvalue weighted by Gasteiger charge is 2.38. The molecular weight excluding hydrogens is 468 g/mol. The van der Waals surface area contributed by atoms with Crippen LogP contribution in [0.15, 0.2) is 41.6 Å². The highest BCUT2D eigenvalue weighted by atomic mass is 32.2. The van der Waals surface area contributed by atoms with Crippen molar-refractivity contribution in [3.05, 3.63) is 42.2 Å². The van der Waals surface area contributed by atoms with Crippen molar-refractivity contribution in [1.29, 1.82) is 0 Å². The second-order valence-corrected chi connectivity index (χ2v) is 11.0. The monoisotopic (exact) mass is 495 g/mol. The van der Waals surface area contributed by atoms with Crippen LogP contribution in [-0.4, -0.2) is 60.2 Å². The number of aromatic nitrogens is 2. The molecule has 4 rings (SSSR count). The summed E-state index contributed by atoms with van der Waals surface area (Å²) in [4.78, 5) is 21.5. The molecule has 8 nitrogen and oxygen atoms in total. The molecule has 1 aromatic heterocycles. The Morgan fingerprint density at radius 3 is 2.35 bits per heavy atom. The van der Waals surface area contributed by atoms with Gasteiger partial charge in [0, 0.05) is 0 Å². The number of nitrogens with one attached hydrogen (secondary N) is 1. The van der Waals surface area contributed by atoms with Gasteiger partial charge in [-0.25, -0.2) is 27.2 Å². The minimum atomic E-state index is -3.37. The van der Waals surface area contributed by atoms with Gasteiger partial charge in [-0.3, -0.25) is 4.79 Å². The molecule has 1 heterocycles. The highest BCUT2D eigenvalue weighted by Crippen LogP contribution is 2.39. The van der Waals surface area contributed by atoms with E-state index in [1.54, 1.807) is 12.1 Å². The molecule has 0 unspecified atom stereocenters. The number of amides is 1. The molecule has 2 N–H and O–H groups in total. The molecule has 0 aliphatic heterocycles. The number of aliphatic hydroxyl groups excluding tert-OH is 1. The van der Waals surface area contributed by atoms with E-state index in [0.29, 0.717) is 18.4 Å². The van der Waals surface area contributed by atoms with E-state index in [4.69, 9.17) is 9.84 Å². The Morgan fingerprint density at radius 1 is 1.12 bits per heavy atom. The maximum Gasteiger partial charge on any atom is 0.233 e. The van der Waals surface area contributed by atoms with Crippen LogP contribution in [0.4, 0.5) is 14.6 Å². The van der Waals surface area contributed by atoms with Crippen molar-refractivity contribution in [2.75, 3.05) is 18.5 Å². The first-order chi connectivity index (χ1) is 16.3. The van der Waals surface area contributed by atoms with Crippen LogP contribution < -0.4 is 10.1 Å². The van der Waals surface area contributed by atoms with Gasteiger partial charge in [0.25, 0.3) is 0 Å².